The molecule has 0 aromatic heterocycles. The Morgan fingerprint density at radius 1 is 1.44 bits per heavy atom. The maximum absolute atomic E-state index is 3.30. The van der Waals surface area contributed by atoms with Crippen molar-refractivity contribution < 1.29 is 0 Å². The predicted molar refractivity (Wildman–Crippen MR) is 42.6 cm³/mol. The Balaban J connectivity index is 3.20. The first-order valence-corrected chi connectivity index (χ1v) is 3.49. The van der Waals surface area contributed by atoms with Crippen LogP contribution in [-0.2, 0) is 0 Å². The van der Waals surface area contributed by atoms with Crippen LogP contribution in [0, 0.1) is 0 Å². The van der Waals surface area contributed by atoms with Crippen molar-refractivity contribution in [3.63, 3.8) is 0 Å². The Labute approximate surface area is 58.2 Å². The Morgan fingerprint density at radius 2 is 2.00 bits per heavy atom. The molecule has 0 rings (SSSR count). The molecule has 0 aromatic rings. The van der Waals surface area contributed by atoms with E-state index in [0.717, 1.165) is 6.54 Å². The van der Waals surface area contributed by atoms with E-state index in [1.54, 1.807) is 0 Å². The maximum atomic E-state index is 3.30. The fraction of sp³-hybridized carbons (Fsp3) is 0.750. The zero-order chi connectivity index (χ0) is 7.28. The van der Waals surface area contributed by atoms with E-state index < -0.39 is 0 Å². The fourth-order valence-corrected chi connectivity index (χ4v) is 0.499. The lowest BCUT2D eigenvalue weighted by molar-refractivity contribution is 0.631. The second-order valence-electron chi connectivity index (χ2n) is 2.84. The molecular formula is C8H17N. The molecule has 54 valence electrons. The fourth-order valence-electron chi connectivity index (χ4n) is 0.499. The maximum Gasteiger partial charge on any atom is 0.0139 e. The SMILES string of the molecule is CC(C)=CCNC(C)C. The molecule has 9 heavy (non-hydrogen) atoms. The lowest BCUT2D eigenvalue weighted by Gasteiger charge is -2.03. The highest BCUT2D eigenvalue weighted by Crippen LogP contribution is 1.85. The van der Waals surface area contributed by atoms with E-state index in [9.17, 15) is 0 Å². The Bertz CT molecular complexity index is 88.7. The molecule has 0 aliphatic carbocycles. The topological polar surface area (TPSA) is 12.0 Å². The quantitative estimate of drug-likeness (QED) is 0.571. The molecule has 0 spiro atoms. The first-order valence-electron chi connectivity index (χ1n) is 3.49. The Morgan fingerprint density at radius 3 is 2.33 bits per heavy atom. The summed E-state index contributed by atoms with van der Waals surface area (Å²) in [6, 6.07) is 0.598. The summed E-state index contributed by atoms with van der Waals surface area (Å²) in [5, 5.41) is 3.30. The van der Waals surface area contributed by atoms with Gasteiger partial charge in [0, 0.05) is 12.6 Å². The van der Waals surface area contributed by atoms with Crippen LogP contribution in [0.3, 0.4) is 0 Å². The van der Waals surface area contributed by atoms with Gasteiger partial charge in [-0.15, -0.1) is 0 Å². The van der Waals surface area contributed by atoms with Crippen molar-refractivity contribution in [1.82, 2.24) is 5.32 Å². The number of nitrogens with one attached hydrogen (secondary N) is 1. The average molecular weight is 127 g/mol. The van der Waals surface area contributed by atoms with Gasteiger partial charge in [-0.3, -0.25) is 0 Å². The summed E-state index contributed by atoms with van der Waals surface area (Å²) >= 11 is 0. The third-order valence-electron chi connectivity index (χ3n) is 1.04. The van der Waals surface area contributed by atoms with E-state index in [-0.39, 0.29) is 0 Å². The zero-order valence-electron chi connectivity index (χ0n) is 6.86. The summed E-state index contributed by atoms with van der Waals surface area (Å²) in [6.07, 6.45) is 2.19. The highest BCUT2D eigenvalue weighted by Gasteiger charge is 1.86. The summed E-state index contributed by atoms with van der Waals surface area (Å²) in [5.41, 5.74) is 1.38. The van der Waals surface area contributed by atoms with Crippen LogP contribution in [0.2, 0.25) is 0 Å². The van der Waals surface area contributed by atoms with E-state index in [2.05, 4.69) is 39.1 Å². The van der Waals surface area contributed by atoms with Gasteiger partial charge in [0.1, 0.15) is 0 Å². The number of hydrogen-bond donors (Lipinski definition) is 1. The second kappa shape index (κ2) is 4.57. The van der Waals surface area contributed by atoms with Gasteiger partial charge in [-0.2, -0.15) is 0 Å². The Kier molecular flexibility index (Phi) is 4.41. The van der Waals surface area contributed by atoms with Crippen molar-refractivity contribution in [2.24, 2.45) is 0 Å². The third kappa shape index (κ3) is 7.70. The van der Waals surface area contributed by atoms with Crippen molar-refractivity contribution in [3.05, 3.63) is 11.6 Å². The molecule has 0 amide bonds. The van der Waals surface area contributed by atoms with E-state index >= 15 is 0 Å². The molecule has 1 heteroatoms. The standard InChI is InChI=1S/C8H17N/c1-7(2)5-6-9-8(3)4/h5,8-9H,6H2,1-4H3. The van der Waals surface area contributed by atoms with Crippen LogP contribution in [0.15, 0.2) is 11.6 Å². The van der Waals surface area contributed by atoms with Crippen LogP contribution in [0.4, 0.5) is 0 Å². The highest BCUT2D eigenvalue weighted by molar-refractivity contribution is 4.94. The summed E-state index contributed by atoms with van der Waals surface area (Å²) in [5.74, 6) is 0. The van der Waals surface area contributed by atoms with Crippen LogP contribution in [0.5, 0.6) is 0 Å². The lowest BCUT2D eigenvalue weighted by Crippen LogP contribution is -2.22. The number of rotatable bonds is 3. The van der Waals surface area contributed by atoms with Gasteiger partial charge in [0.05, 0.1) is 0 Å². The van der Waals surface area contributed by atoms with Gasteiger partial charge in [0.15, 0.2) is 0 Å². The monoisotopic (exact) mass is 127 g/mol. The zero-order valence-corrected chi connectivity index (χ0v) is 6.86. The average Bonchev–Trinajstić information content (AvgIpc) is 1.63. The molecule has 0 saturated heterocycles. The van der Waals surface area contributed by atoms with E-state index in [1.165, 1.54) is 5.57 Å². The molecule has 0 atom stereocenters. The predicted octanol–water partition coefficient (Wildman–Crippen LogP) is 1.95. The lowest BCUT2D eigenvalue weighted by atomic mass is 10.3. The molecule has 0 radical (unpaired) electrons. The van der Waals surface area contributed by atoms with Gasteiger partial charge in [0.25, 0.3) is 0 Å². The van der Waals surface area contributed by atoms with Crippen molar-refractivity contribution in [2.75, 3.05) is 6.54 Å². The molecule has 0 saturated carbocycles. The van der Waals surface area contributed by atoms with Crippen LogP contribution in [0.1, 0.15) is 27.7 Å². The molecule has 0 aromatic carbocycles. The molecule has 0 unspecified atom stereocenters. The van der Waals surface area contributed by atoms with Crippen LogP contribution in [-0.4, -0.2) is 12.6 Å². The number of hydrogen-bond acceptors (Lipinski definition) is 1. The summed E-state index contributed by atoms with van der Waals surface area (Å²) in [4.78, 5) is 0. The van der Waals surface area contributed by atoms with Gasteiger partial charge in [0.2, 0.25) is 0 Å². The first kappa shape index (κ1) is 8.70. The van der Waals surface area contributed by atoms with Gasteiger partial charge < -0.3 is 5.32 Å². The van der Waals surface area contributed by atoms with Crippen molar-refractivity contribution in [1.29, 1.82) is 0 Å². The second-order valence-corrected chi connectivity index (χ2v) is 2.84. The van der Waals surface area contributed by atoms with Crippen molar-refractivity contribution >= 4 is 0 Å². The molecule has 0 fully saturated rings. The van der Waals surface area contributed by atoms with Crippen LogP contribution in [0.25, 0.3) is 0 Å². The minimum absolute atomic E-state index is 0.598. The highest BCUT2D eigenvalue weighted by atomic mass is 14.9. The Hall–Kier alpha value is -0.300. The largest absolute Gasteiger partial charge is 0.311 e. The molecule has 0 aliphatic rings. The summed E-state index contributed by atoms with van der Waals surface area (Å²) in [7, 11) is 0. The van der Waals surface area contributed by atoms with Gasteiger partial charge in [-0.05, 0) is 13.8 Å². The van der Waals surface area contributed by atoms with E-state index in [4.69, 9.17) is 0 Å². The molecule has 1 N–H and O–H groups in total. The summed E-state index contributed by atoms with van der Waals surface area (Å²) < 4.78 is 0. The van der Waals surface area contributed by atoms with Gasteiger partial charge in [-0.1, -0.05) is 25.5 Å². The minimum atomic E-state index is 0.598. The molecule has 0 bridgehead atoms. The molecule has 0 heterocycles. The molecule has 1 nitrogen and oxygen atoms in total. The van der Waals surface area contributed by atoms with E-state index in [1.807, 2.05) is 0 Å². The first-order chi connectivity index (χ1) is 4.13. The van der Waals surface area contributed by atoms with Gasteiger partial charge >= 0.3 is 0 Å². The van der Waals surface area contributed by atoms with Crippen molar-refractivity contribution in [2.45, 2.75) is 33.7 Å². The van der Waals surface area contributed by atoms with Crippen LogP contribution >= 0.6 is 0 Å². The van der Waals surface area contributed by atoms with Gasteiger partial charge in [-0.25, -0.2) is 0 Å². The smallest absolute Gasteiger partial charge is 0.0139 e. The minimum Gasteiger partial charge on any atom is -0.311 e. The van der Waals surface area contributed by atoms with E-state index in [0.29, 0.717) is 6.04 Å². The normalized spacial score (nSPS) is 9.89. The van der Waals surface area contributed by atoms with Crippen molar-refractivity contribution in [3.8, 4) is 0 Å². The third-order valence-corrected chi connectivity index (χ3v) is 1.04. The number of allylic oxidation sites excluding steroid dienone is 1. The van der Waals surface area contributed by atoms with Crippen LogP contribution < -0.4 is 5.32 Å². The molecule has 0 aliphatic heterocycles. The summed E-state index contributed by atoms with van der Waals surface area (Å²) in [6.45, 7) is 9.53. The molecular weight excluding hydrogens is 110 g/mol.